The molecule has 3 heterocycles. The molecule has 1 N–H and O–H groups in total. The smallest absolute Gasteiger partial charge is 0.194 e. The van der Waals surface area contributed by atoms with Crippen molar-refractivity contribution in [1.29, 1.82) is 0 Å². The van der Waals surface area contributed by atoms with Crippen molar-refractivity contribution in [2.24, 2.45) is 4.99 Å². The molecule has 0 spiro atoms. The molecule has 2 aliphatic rings. The standard InChI is InChI=1S/C17H30N6O2.HI/c1-3-16-21-20-13-23(16)8-7-19-17(18-4-2)22-9-11-25-15(12-22)14-6-5-10-24-14;/h13-15H,3-12H2,1-2H3,(H,18,19);1H. The molecule has 1 aromatic heterocycles. The lowest BCUT2D eigenvalue weighted by Crippen LogP contribution is -2.53. The van der Waals surface area contributed by atoms with Crippen LogP contribution in [0.2, 0.25) is 0 Å². The summed E-state index contributed by atoms with van der Waals surface area (Å²) in [5, 5.41) is 11.5. The Morgan fingerprint density at radius 3 is 2.88 bits per heavy atom. The van der Waals surface area contributed by atoms with Gasteiger partial charge >= 0.3 is 0 Å². The van der Waals surface area contributed by atoms with Crippen LogP contribution < -0.4 is 5.32 Å². The van der Waals surface area contributed by atoms with Crippen molar-refractivity contribution in [2.75, 3.05) is 39.4 Å². The molecule has 26 heavy (non-hydrogen) atoms. The Morgan fingerprint density at radius 1 is 1.31 bits per heavy atom. The van der Waals surface area contributed by atoms with E-state index in [4.69, 9.17) is 14.5 Å². The first kappa shape index (κ1) is 21.4. The van der Waals surface area contributed by atoms with Gasteiger partial charge in [-0.3, -0.25) is 4.99 Å². The number of nitrogens with zero attached hydrogens (tertiary/aromatic N) is 5. The predicted octanol–water partition coefficient (Wildman–Crippen LogP) is 1.30. The van der Waals surface area contributed by atoms with Crippen LogP contribution in [-0.2, 0) is 22.4 Å². The minimum atomic E-state index is 0. The number of hydrogen-bond donors (Lipinski definition) is 1. The molecule has 0 bridgehead atoms. The molecule has 0 amide bonds. The van der Waals surface area contributed by atoms with Gasteiger partial charge in [-0.05, 0) is 19.8 Å². The number of halogens is 1. The molecule has 2 atom stereocenters. The first-order valence-electron chi connectivity index (χ1n) is 9.45. The normalized spacial score (nSPS) is 23.8. The fourth-order valence-electron chi connectivity index (χ4n) is 3.42. The van der Waals surface area contributed by atoms with Crippen LogP contribution in [0, 0.1) is 0 Å². The number of ether oxygens (including phenoxy) is 2. The average Bonchev–Trinajstić information content (AvgIpc) is 3.33. The van der Waals surface area contributed by atoms with Gasteiger partial charge in [0.25, 0.3) is 0 Å². The Morgan fingerprint density at radius 2 is 2.15 bits per heavy atom. The summed E-state index contributed by atoms with van der Waals surface area (Å²) in [4.78, 5) is 7.11. The van der Waals surface area contributed by atoms with E-state index >= 15 is 0 Å². The van der Waals surface area contributed by atoms with Gasteiger partial charge in [0.15, 0.2) is 5.96 Å². The summed E-state index contributed by atoms with van der Waals surface area (Å²) in [5.74, 6) is 1.96. The molecular formula is C17H31IN6O2. The lowest BCUT2D eigenvalue weighted by atomic mass is 10.1. The van der Waals surface area contributed by atoms with E-state index in [0.717, 1.165) is 70.4 Å². The number of rotatable bonds is 6. The van der Waals surface area contributed by atoms with Crippen molar-refractivity contribution in [3.63, 3.8) is 0 Å². The number of nitrogens with one attached hydrogen (secondary N) is 1. The molecule has 148 valence electrons. The largest absolute Gasteiger partial charge is 0.375 e. The second-order valence-electron chi connectivity index (χ2n) is 6.44. The Kier molecular flexibility index (Phi) is 9.06. The van der Waals surface area contributed by atoms with Gasteiger partial charge in [0.2, 0.25) is 0 Å². The monoisotopic (exact) mass is 478 g/mol. The van der Waals surface area contributed by atoms with Crippen LogP contribution in [0.3, 0.4) is 0 Å². The van der Waals surface area contributed by atoms with E-state index in [1.807, 2.05) is 0 Å². The van der Waals surface area contributed by atoms with Crippen molar-refractivity contribution in [1.82, 2.24) is 25.0 Å². The van der Waals surface area contributed by atoms with Gasteiger partial charge in [-0.25, -0.2) is 0 Å². The summed E-state index contributed by atoms with van der Waals surface area (Å²) in [6.07, 6.45) is 5.27. The van der Waals surface area contributed by atoms with Crippen LogP contribution in [0.4, 0.5) is 0 Å². The molecule has 3 rings (SSSR count). The van der Waals surface area contributed by atoms with Gasteiger partial charge in [0, 0.05) is 39.2 Å². The number of hydrogen-bond acceptors (Lipinski definition) is 5. The SMILES string of the molecule is CCNC(=NCCn1cnnc1CC)N1CCOC(C2CCCO2)C1.I. The lowest BCUT2D eigenvalue weighted by molar-refractivity contribution is -0.0817. The van der Waals surface area contributed by atoms with E-state index in [1.165, 1.54) is 0 Å². The van der Waals surface area contributed by atoms with Gasteiger partial charge in [-0.1, -0.05) is 6.92 Å². The van der Waals surface area contributed by atoms with Crippen molar-refractivity contribution in [3.8, 4) is 0 Å². The zero-order valence-corrected chi connectivity index (χ0v) is 18.1. The highest BCUT2D eigenvalue weighted by molar-refractivity contribution is 14.0. The fraction of sp³-hybridized carbons (Fsp3) is 0.824. The summed E-state index contributed by atoms with van der Waals surface area (Å²) in [5.41, 5.74) is 0. The minimum Gasteiger partial charge on any atom is -0.375 e. The second-order valence-corrected chi connectivity index (χ2v) is 6.44. The highest BCUT2D eigenvalue weighted by Crippen LogP contribution is 2.21. The number of aryl methyl sites for hydroxylation is 1. The fourth-order valence-corrected chi connectivity index (χ4v) is 3.42. The minimum absolute atomic E-state index is 0. The summed E-state index contributed by atoms with van der Waals surface area (Å²) >= 11 is 0. The number of aromatic nitrogens is 3. The Bertz CT molecular complexity index is 561. The maximum absolute atomic E-state index is 5.94. The summed E-state index contributed by atoms with van der Waals surface area (Å²) < 4.78 is 13.8. The van der Waals surface area contributed by atoms with E-state index in [-0.39, 0.29) is 36.2 Å². The molecule has 2 aliphatic heterocycles. The number of guanidine groups is 1. The average molecular weight is 478 g/mol. The molecular weight excluding hydrogens is 447 g/mol. The quantitative estimate of drug-likeness (QED) is 0.378. The lowest BCUT2D eigenvalue weighted by Gasteiger charge is -2.37. The van der Waals surface area contributed by atoms with Crippen LogP contribution in [-0.4, -0.2) is 77.2 Å². The molecule has 2 saturated heterocycles. The second kappa shape index (κ2) is 11.0. The topological polar surface area (TPSA) is 76.8 Å². The number of aliphatic imine (C=N–C) groups is 1. The first-order chi connectivity index (χ1) is 12.3. The third-order valence-electron chi connectivity index (χ3n) is 4.72. The summed E-state index contributed by atoms with van der Waals surface area (Å²) in [7, 11) is 0. The van der Waals surface area contributed by atoms with E-state index in [1.54, 1.807) is 6.33 Å². The zero-order chi connectivity index (χ0) is 17.5. The molecule has 2 fully saturated rings. The van der Waals surface area contributed by atoms with E-state index < -0.39 is 0 Å². The van der Waals surface area contributed by atoms with E-state index in [2.05, 4.69) is 38.8 Å². The van der Waals surface area contributed by atoms with E-state index in [0.29, 0.717) is 6.54 Å². The maximum atomic E-state index is 5.94. The molecule has 0 aromatic carbocycles. The van der Waals surface area contributed by atoms with Crippen LogP contribution in [0.5, 0.6) is 0 Å². The Balaban J connectivity index is 0.00000243. The van der Waals surface area contributed by atoms with E-state index in [9.17, 15) is 0 Å². The Hall–Kier alpha value is -0.940. The van der Waals surface area contributed by atoms with Crippen molar-refractivity contribution < 1.29 is 9.47 Å². The third kappa shape index (κ3) is 5.53. The third-order valence-corrected chi connectivity index (χ3v) is 4.72. The van der Waals surface area contributed by atoms with Crippen LogP contribution in [0.15, 0.2) is 11.3 Å². The van der Waals surface area contributed by atoms with Gasteiger partial charge in [-0.2, -0.15) is 0 Å². The molecule has 2 unspecified atom stereocenters. The molecule has 9 heteroatoms. The van der Waals surface area contributed by atoms with Crippen LogP contribution in [0.1, 0.15) is 32.5 Å². The van der Waals surface area contributed by atoms with Crippen molar-refractivity contribution in [3.05, 3.63) is 12.2 Å². The van der Waals surface area contributed by atoms with Crippen molar-refractivity contribution in [2.45, 2.75) is 51.9 Å². The van der Waals surface area contributed by atoms with Gasteiger partial charge < -0.3 is 24.3 Å². The summed E-state index contributed by atoms with van der Waals surface area (Å²) in [6.45, 7) is 9.83. The molecule has 1 aromatic rings. The van der Waals surface area contributed by atoms with Crippen molar-refractivity contribution >= 4 is 29.9 Å². The number of morpholine rings is 1. The highest BCUT2D eigenvalue weighted by Gasteiger charge is 2.32. The molecule has 0 aliphatic carbocycles. The molecule has 0 saturated carbocycles. The Labute approximate surface area is 172 Å². The molecule has 8 nitrogen and oxygen atoms in total. The van der Waals surface area contributed by atoms with Crippen LogP contribution >= 0.6 is 24.0 Å². The highest BCUT2D eigenvalue weighted by atomic mass is 127. The van der Waals surface area contributed by atoms with Gasteiger partial charge in [-0.15, -0.1) is 34.2 Å². The van der Waals surface area contributed by atoms with Gasteiger partial charge in [0.05, 0.1) is 19.3 Å². The van der Waals surface area contributed by atoms with Gasteiger partial charge in [0.1, 0.15) is 18.3 Å². The first-order valence-corrected chi connectivity index (χ1v) is 9.45. The summed E-state index contributed by atoms with van der Waals surface area (Å²) in [6, 6.07) is 0. The van der Waals surface area contributed by atoms with Crippen LogP contribution in [0.25, 0.3) is 0 Å². The molecule has 0 radical (unpaired) electrons. The maximum Gasteiger partial charge on any atom is 0.194 e. The predicted molar refractivity (Wildman–Crippen MR) is 111 cm³/mol. The zero-order valence-electron chi connectivity index (χ0n) is 15.8.